The molecule has 1 aromatic carbocycles. The maximum atomic E-state index is 12.4. The molecule has 1 aromatic rings. The smallest absolute Gasteiger partial charge is 0.408 e. The molecule has 4 N–H and O–H groups in total. The van der Waals surface area contributed by atoms with Crippen molar-refractivity contribution < 1.29 is 23.9 Å². The molecule has 0 radical (unpaired) electrons. The molecule has 0 bridgehead atoms. The fraction of sp³-hybridized carbons (Fsp3) is 0.545. The number of carbonyl (C=O) groups excluding carboxylic acids is 4. The molecule has 32 heavy (non-hydrogen) atoms. The van der Waals surface area contributed by atoms with Crippen molar-refractivity contribution in [3.8, 4) is 0 Å². The zero-order valence-corrected chi connectivity index (χ0v) is 20.4. The van der Waals surface area contributed by atoms with Gasteiger partial charge in [-0.05, 0) is 51.2 Å². The van der Waals surface area contributed by atoms with Gasteiger partial charge in [-0.3, -0.25) is 25.2 Å². The van der Waals surface area contributed by atoms with Crippen molar-refractivity contribution in [3.05, 3.63) is 29.8 Å². The first kappa shape index (κ1) is 27.3. The lowest BCUT2D eigenvalue weighted by Gasteiger charge is -2.24. The van der Waals surface area contributed by atoms with Crippen LogP contribution in [0.2, 0.25) is 0 Å². The lowest BCUT2D eigenvalue weighted by molar-refractivity contribution is -0.124. The number of nitrogens with one attached hydrogen (secondary N) is 4. The van der Waals surface area contributed by atoms with Gasteiger partial charge in [0.1, 0.15) is 11.6 Å². The Labute approximate surface area is 193 Å². The van der Waals surface area contributed by atoms with Crippen LogP contribution >= 0.6 is 11.8 Å². The van der Waals surface area contributed by atoms with E-state index in [9.17, 15) is 19.2 Å². The predicted molar refractivity (Wildman–Crippen MR) is 126 cm³/mol. The van der Waals surface area contributed by atoms with E-state index in [1.165, 1.54) is 0 Å². The van der Waals surface area contributed by atoms with Crippen LogP contribution in [0.3, 0.4) is 0 Å². The molecular formula is C22H34N4O5S. The highest BCUT2D eigenvalue weighted by molar-refractivity contribution is 8.14. The second-order valence-electron chi connectivity index (χ2n) is 8.58. The number of hydrogen-bond acceptors (Lipinski definition) is 6. The summed E-state index contributed by atoms with van der Waals surface area (Å²) < 4.78 is 5.19. The minimum absolute atomic E-state index is 0.112. The number of carbonyl (C=O) groups is 4. The maximum Gasteiger partial charge on any atom is 0.408 e. The zero-order valence-electron chi connectivity index (χ0n) is 19.5. The summed E-state index contributed by atoms with van der Waals surface area (Å²) in [7, 11) is 0. The number of hydrogen-bond donors (Lipinski definition) is 4. The van der Waals surface area contributed by atoms with Gasteiger partial charge < -0.3 is 15.4 Å². The Morgan fingerprint density at radius 3 is 2.31 bits per heavy atom. The Kier molecular flexibility index (Phi) is 11.0. The summed E-state index contributed by atoms with van der Waals surface area (Å²) in [5.41, 5.74) is 5.54. The van der Waals surface area contributed by atoms with Crippen LogP contribution in [0.15, 0.2) is 24.3 Å². The number of rotatable bonds is 8. The third-order valence-electron chi connectivity index (χ3n) is 4.01. The summed E-state index contributed by atoms with van der Waals surface area (Å²) in [6, 6.07) is 6.55. The van der Waals surface area contributed by atoms with Crippen molar-refractivity contribution >= 4 is 40.6 Å². The van der Waals surface area contributed by atoms with E-state index in [1.807, 2.05) is 39.0 Å². The molecule has 0 fully saturated rings. The molecule has 0 spiro atoms. The Bertz CT molecular complexity index is 808. The molecule has 0 saturated carbocycles. The fourth-order valence-corrected chi connectivity index (χ4v) is 3.11. The van der Waals surface area contributed by atoms with E-state index in [-0.39, 0.29) is 17.6 Å². The van der Waals surface area contributed by atoms with Crippen LogP contribution in [-0.4, -0.2) is 40.5 Å². The summed E-state index contributed by atoms with van der Waals surface area (Å²) >= 11 is 0.718. The van der Waals surface area contributed by atoms with E-state index in [0.717, 1.165) is 23.7 Å². The summed E-state index contributed by atoms with van der Waals surface area (Å²) in [5, 5.41) is 4.70. The maximum absolute atomic E-state index is 12.4. The highest BCUT2D eigenvalue weighted by Gasteiger charge is 2.25. The first-order valence-electron chi connectivity index (χ1n) is 10.5. The van der Waals surface area contributed by atoms with Crippen LogP contribution in [0.5, 0.6) is 0 Å². The third kappa shape index (κ3) is 11.0. The third-order valence-corrected chi connectivity index (χ3v) is 4.78. The van der Waals surface area contributed by atoms with E-state index >= 15 is 0 Å². The topological polar surface area (TPSA) is 126 Å². The van der Waals surface area contributed by atoms with Gasteiger partial charge in [0.15, 0.2) is 0 Å². The minimum Gasteiger partial charge on any atom is -0.444 e. The summed E-state index contributed by atoms with van der Waals surface area (Å²) in [4.78, 5) is 48.6. The van der Waals surface area contributed by atoms with Gasteiger partial charge in [-0.2, -0.15) is 0 Å². The number of para-hydroxylation sites is 1. The molecule has 0 aromatic heterocycles. The van der Waals surface area contributed by atoms with Gasteiger partial charge in [0.2, 0.25) is 5.91 Å². The number of amides is 4. The molecule has 0 aliphatic carbocycles. The Balaban J connectivity index is 2.51. The SMILES string of the molecule is CCc1ccccc1NC(=O)CSC(=O)NNC(=O)[C@@H](CC(C)C)NC(=O)OC(C)(C)C. The average Bonchev–Trinajstić information content (AvgIpc) is 2.68. The minimum atomic E-state index is -0.885. The lowest BCUT2D eigenvalue weighted by Crippen LogP contribution is -2.52. The van der Waals surface area contributed by atoms with Crippen molar-refractivity contribution in [1.82, 2.24) is 16.2 Å². The van der Waals surface area contributed by atoms with Gasteiger partial charge in [-0.25, -0.2) is 4.79 Å². The highest BCUT2D eigenvalue weighted by Crippen LogP contribution is 2.16. The molecule has 10 heteroatoms. The van der Waals surface area contributed by atoms with Crippen molar-refractivity contribution in [2.75, 3.05) is 11.1 Å². The number of alkyl carbamates (subject to hydrolysis) is 1. The Hall–Kier alpha value is -2.75. The quantitative estimate of drug-likeness (QED) is 0.434. The second-order valence-corrected chi connectivity index (χ2v) is 9.53. The van der Waals surface area contributed by atoms with Gasteiger partial charge in [-0.1, -0.05) is 50.7 Å². The normalized spacial score (nSPS) is 12.0. The second kappa shape index (κ2) is 12.9. The molecule has 0 saturated heterocycles. The van der Waals surface area contributed by atoms with Crippen LogP contribution < -0.4 is 21.5 Å². The Morgan fingerprint density at radius 2 is 1.72 bits per heavy atom. The van der Waals surface area contributed by atoms with Gasteiger partial charge in [0, 0.05) is 5.69 Å². The standard InChI is InChI=1S/C22H34N4O5S/c1-7-15-10-8-9-11-16(15)23-18(27)13-32-21(30)26-25-19(28)17(12-14(2)3)24-20(29)31-22(4,5)6/h8-11,14,17H,7,12-13H2,1-6H3,(H,23,27)(H,24,29)(H,25,28)(H,26,30)/t17-/m1/s1. The predicted octanol–water partition coefficient (Wildman–Crippen LogP) is 3.60. The molecule has 1 atom stereocenters. The van der Waals surface area contributed by atoms with E-state index < -0.39 is 28.9 Å². The number of anilines is 1. The molecule has 0 aliphatic heterocycles. The van der Waals surface area contributed by atoms with Gasteiger partial charge in [0.05, 0.1) is 5.75 Å². The first-order valence-corrected chi connectivity index (χ1v) is 11.5. The number of thioether (sulfide) groups is 1. The molecular weight excluding hydrogens is 432 g/mol. The summed E-state index contributed by atoms with van der Waals surface area (Å²) in [6.45, 7) is 11.0. The van der Waals surface area contributed by atoms with Crippen LogP contribution in [-0.2, 0) is 20.7 Å². The Morgan fingerprint density at radius 1 is 1.06 bits per heavy atom. The zero-order chi connectivity index (χ0) is 24.3. The van der Waals surface area contributed by atoms with Crippen LogP contribution in [0.1, 0.15) is 53.5 Å². The number of hydrazine groups is 1. The van der Waals surface area contributed by atoms with Crippen LogP contribution in [0.4, 0.5) is 15.3 Å². The molecule has 0 heterocycles. The van der Waals surface area contributed by atoms with Gasteiger partial charge in [-0.15, -0.1) is 0 Å². The van der Waals surface area contributed by atoms with Crippen LogP contribution in [0.25, 0.3) is 0 Å². The molecule has 0 unspecified atom stereocenters. The number of aryl methyl sites for hydroxylation is 1. The number of benzene rings is 1. The van der Waals surface area contributed by atoms with E-state index in [2.05, 4.69) is 21.5 Å². The van der Waals surface area contributed by atoms with Crippen molar-refractivity contribution in [2.45, 2.75) is 66.0 Å². The average molecular weight is 467 g/mol. The molecule has 1 rings (SSSR count). The summed E-state index contributed by atoms with van der Waals surface area (Å²) in [6.07, 6.45) is 0.404. The molecule has 4 amide bonds. The van der Waals surface area contributed by atoms with E-state index in [0.29, 0.717) is 12.1 Å². The van der Waals surface area contributed by atoms with Gasteiger partial charge in [0.25, 0.3) is 11.1 Å². The van der Waals surface area contributed by atoms with Crippen molar-refractivity contribution in [2.24, 2.45) is 5.92 Å². The van der Waals surface area contributed by atoms with E-state index in [1.54, 1.807) is 26.8 Å². The molecule has 178 valence electrons. The van der Waals surface area contributed by atoms with Crippen molar-refractivity contribution in [1.29, 1.82) is 0 Å². The summed E-state index contributed by atoms with van der Waals surface area (Å²) in [5.74, 6) is -0.923. The monoisotopic (exact) mass is 466 g/mol. The van der Waals surface area contributed by atoms with Gasteiger partial charge >= 0.3 is 6.09 Å². The molecule has 9 nitrogen and oxygen atoms in total. The fourth-order valence-electron chi connectivity index (χ4n) is 2.66. The van der Waals surface area contributed by atoms with Crippen LogP contribution in [0, 0.1) is 5.92 Å². The van der Waals surface area contributed by atoms with Crippen molar-refractivity contribution in [3.63, 3.8) is 0 Å². The van der Waals surface area contributed by atoms with E-state index in [4.69, 9.17) is 4.74 Å². The largest absolute Gasteiger partial charge is 0.444 e. The number of ether oxygens (including phenoxy) is 1. The first-order chi connectivity index (χ1) is 14.9. The highest BCUT2D eigenvalue weighted by atomic mass is 32.2. The lowest BCUT2D eigenvalue weighted by atomic mass is 10.0. The molecule has 0 aliphatic rings.